The molecule has 0 saturated heterocycles. The molecule has 0 unspecified atom stereocenters. The van der Waals surface area contributed by atoms with Crippen molar-refractivity contribution < 1.29 is 13.9 Å². The summed E-state index contributed by atoms with van der Waals surface area (Å²) >= 11 is 0. The summed E-state index contributed by atoms with van der Waals surface area (Å²) in [5.41, 5.74) is 6.77. The Kier molecular flexibility index (Phi) is 5.33. The van der Waals surface area contributed by atoms with Gasteiger partial charge in [0.2, 0.25) is 0 Å². The van der Waals surface area contributed by atoms with Crippen LogP contribution < -0.4 is 4.74 Å². The number of benzene rings is 4. The van der Waals surface area contributed by atoms with Gasteiger partial charge in [-0.2, -0.15) is 0 Å². The Balaban J connectivity index is 1.62. The average molecular weight is 477 g/mol. The summed E-state index contributed by atoms with van der Waals surface area (Å²) in [5, 5.41) is 1.09. The molecule has 0 spiro atoms. The number of amides is 1. The minimum absolute atomic E-state index is 0.0237. The third kappa shape index (κ3) is 3.47. The zero-order valence-electron chi connectivity index (χ0n) is 20.1. The summed E-state index contributed by atoms with van der Waals surface area (Å²) in [5.74, 6) is 0.458. The number of carbonyl (C=O) groups is 1. The van der Waals surface area contributed by atoms with Crippen molar-refractivity contribution in [2.45, 2.75) is 12.6 Å². The van der Waals surface area contributed by atoms with Gasteiger partial charge in [0, 0.05) is 41.2 Å². The highest BCUT2D eigenvalue weighted by atomic mass is 19.1. The predicted octanol–water partition coefficient (Wildman–Crippen LogP) is 6.74. The Labute approximate surface area is 209 Å². The fraction of sp³-hybridized carbons (Fsp3) is 0.129. The lowest BCUT2D eigenvalue weighted by Crippen LogP contribution is -2.28. The highest BCUT2D eigenvalue weighted by Crippen LogP contribution is 2.47. The van der Waals surface area contributed by atoms with Gasteiger partial charge in [-0.3, -0.25) is 4.79 Å². The number of hydrogen-bond acceptors (Lipinski definition) is 2. The molecule has 0 saturated carbocycles. The fourth-order valence-electron chi connectivity index (χ4n) is 5.45. The van der Waals surface area contributed by atoms with E-state index in [1.807, 2.05) is 59.5 Å². The van der Waals surface area contributed by atoms with E-state index in [0.717, 1.165) is 44.6 Å². The van der Waals surface area contributed by atoms with E-state index in [-0.39, 0.29) is 17.8 Å². The first kappa shape index (κ1) is 22.1. The maximum atomic E-state index is 13.8. The van der Waals surface area contributed by atoms with E-state index in [0.29, 0.717) is 12.1 Å². The van der Waals surface area contributed by atoms with E-state index in [4.69, 9.17) is 4.74 Å². The van der Waals surface area contributed by atoms with Crippen LogP contribution in [0.1, 0.15) is 33.1 Å². The van der Waals surface area contributed by atoms with Gasteiger partial charge in [-0.25, -0.2) is 4.39 Å². The molecule has 1 aliphatic heterocycles. The lowest BCUT2D eigenvalue weighted by molar-refractivity contribution is 0.0737. The van der Waals surface area contributed by atoms with E-state index in [2.05, 4.69) is 29.8 Å². The zero-order valence-corrected chi connectivity index (χ0v) is 20.1. The first-order valence-corrected chi connectivity index (χ1v) is 11.9. The van der Waals surface area contributed by atoms with Crippen LogP contribution in [0.3, 0.4) is 0 Å². The number of fused-ring (bicyclic) bond motifs is 2. The van der Waals surface area contributed by atoms with Gasteiger partial charge in [-0.15, -0.1) is 0 Å². The molecule has 36 heavy (non-hydrogen) atoms. The number of rotatable bonds is 5. The smallest absolute Gasteiger partial charge is 0.255 e. The summed E-state index contributed by atoms with van der Waals surface area (Å²) in [7, 11) is 3.73. The summed E-state index contributed by atoms with van der Waals surface area (Å²) in [4.78, 5) is 15.7. The maximum absolute atomic E-state index is 13.8. The number of aryl methyl sites for hydroxylation is 1. The second kappa shape index (κ2) is 8.68. The third-order valence-corrected chi connectivity index (χ3v) is 7.09. The number of halogens is 1. The Morgan fingerprint density at radius 1 is 0.889 bits per heavy atom. The maximum Gasteiger partial charge on any atom is 0.255 e. The topological polar surface area (TPSA) is 34.5 Å². The van der Waals surface area contributed by atoms with Crippen molar-refractivity contribution in [1.82, 2.24) is 9.47 Å². The van der Waals surface area contributed by atoms with Crippen LogP contribution in [0.15, 0.2) is 97.1 Å². The fourth-order valence-corrected chi connectivity index (χ4v) is 5.45. The van der Waals surface area contributed by atoms with Crippen molar-refractivity contribution in [2.24, 2.45) is 7.05 Å². The number of nitrogens with zero attached hydrogens (tertiary/aromatic N) is 2. The van der Waals surface area contributed by atoms with Gasteiger partial charge in [0.05, 0.1) is 18.8 Å². The highest BCUT2D eigenvalue weighted by Gasteiger charge is 2.40. The summed E-state index contributed by atoms with van der Waals surface area (Å²) < 4.78 is 21.3. The number of methoxy groups -OCH3 is 1. The number of para-hydroxylation sites is 1. The minimum Gasteiger partial charge on any atom is -0.497 e. The molecule has 4 aromatic carbocycles. The molecular formula is C31H25FN2O2. The lowest BCUT2D eigenvalue weighted by Gasteiger charge is -2.27. The Hall–Kier alpha value is -4.38. The molecule has 1 atom stereocenters. The molecule has 5 heteroatoms. The molecule has 4 nitrogen and oxygen atoms in total. The van der Waals surface area contributed by atoms with Gasteiger partial charge in [0.25, 0.3) is 5.91 Å². The molecule has 0 aliphatic carbocycles. The van der Waals surface area contributed by atoms with Crippen LogP contribution in [0.2, 0.25) is 0 Å². The number of carbonyl (C=O) groups excluding carboxylic acids is 1. The largest absolute Gasteiger partial charge is 0.497 e. The molecule has 0 N–H and O–H groups in total. The minimum atomic E-state index is -0.300. The Bertz CT molecular complexity index is 1600. The van der Waals surface area contributed by atoms with Gasteiger partial charge >= 0.3 is 0 Å². The predicted molar refractivity (Wildman–Crippen MR) is 139 cm³/mol. The molecule has 0 fully saturated rings. The van der Waals surface area contributed by atoms with E-state index in [1.165, 1.54) is 12.1 Å². The second-order valence-electron chi connectivity index (χ2n) is 9.12. The Morgan fingerprint density at radius 2 is 1.64 bits per heavy atom. The van der Waals surface area contributed by atoms with Crippen molar-refractivity contribution in [3.05, 3.63) is 125 Å². The molecule has 1 aliphatic rings. The van der Waals surface area contributed by atoms with Crippen LogP contribution in [0.25, 0.3) is 22.2 Å². The van der Waals surface area contributed by atoms with Gasteiger partial charge in [-0.1, -0.05) is 60.7 Å². The standard InChI is InChI=1S/C31H25FN2O2/c1-33-27-13-6-5-12-26(27)28(29(33)21-8-7-9-23(18-21)36-2)30-24-10-3-4-11-25(24)31(35)34(30)19-20-14-16-22(32)17-15-20/h3-18,30H,19H2,1-2H3/t30-/m0/s1. The van der Waals surface area contributed by atoms with E-state index < -0.39 is 0 Å². The van der Waals surface area contributed by atoms with Crippen LogP contribution in [0, 0.1) is 5.82 Å². The van der Waals surface area contributed by atoms with Crippen LogP contribution in [0.5, 0.6) is 5.75 Å². The SMILES string of the molecule is COc1cccc(-c2c([C@@H]3c4ccccc4C(=O)N3Cc3ccc(F)cc3)c3ccccc3n2C)c1. The average Bonchev–Trinajstić information content (AvgIpc) is 3.36. The molecular weight excluding hydrogens is 451 g/mol. The normalized spacial score (nSPS) is 14.9. The van der Waals surface area contributed by atoms with Crippen molar-refractivity contribution in [2.75, 3.05) is 7.11 Å². The highest BCUT2D eigenvalue weighted by molar-refractivity contribution is 6.02. The monoisotopic (exact) mass is 476 g/mol. The first-order chi connectivity index (χ1) is 17.6. The van der Waals surface area contributed by atoms with Gasteiger partial charge < -0.3 is 14.2 Å². The molecule has 1 aromatic heterocycles. The van der Waals surface area contributed by atoms with Crippen LogP contribution in [0.4, 0.5) is 4.39 Å². The van der Waals surface area contributed by atoms with Crippen molar-refractivity contribution in [1.29, 1.82) is 0 Å². The van der Waals surface area contributed by atoms with E-state index in [9.17, 15) is 9.18 Å². The summed E-state index contributed by atoms with van der Waals surface area (Å²) in [6, 6.07) is 30.2. The van der Waals surface area contributed by atoms with Gasteiger partial charge in [-0.05, 0) is 47.5 Å². The van der Waals surface area contributed by atoms with E-state index in [1.54, 1.807) is 19.2 Å². The first-order valence-electron chi connectivity index (χ1n) is 11.9. The van der Waals surface area contributed by atoms with Crippen molar-refractivity contribution in [3.63, 3.8) is 0 Å². The molecule has 0 bridgehead atoms. The molecule has 5 aromatic rings. The third-order valence-electron chi connectivity index (χ3n) is 7.09. The molecule has 2 heterocycles. The van der Waals surface area contributed by atoms with Gasteiger partial charge in [0.15, 0.2) is 0 Å². The number of aromatic nitrogens is 1. The van der Waals surface area contributed by atoms with Crippen LogP contribution in [-0.4, -0.2) is 22.5 Å². The number of ether oxygens (including phenoxy) is 1. The van der Waals surface area contributed by atoms with Crippen LogP contribution in [-0.2, 0) is 13.6 Å². The summed E-state index contributed by atoms with van der Waals surface area (Å²) in [6.07, 6.45) is 0. The zero-order chi connectivity index (χ0) is 24.8. The molecule has 1 amide bonds. The molecule has 178 valence electrons. The lowest BCUT2D eigenvalue weighted by atomic mass is 9.93. The molecule has 6 rings (SSSR count). The summed E-state index contributed by atoms with van der Waals surface area (Å²) in [6.45, 7) is 0.374. The van der Waals surface area contributed by atoms with Crippen molar-refractivity contribution >= 4 is 16.8 Å². The van der Waals surface area contributed by atoms with Crippen LogP contribution >= 0.6 is 0 Å². The van der Waals surface area contributed by atoms with E-state index >= 15 is 0 Å². The second-order valence-corrected chi connectivity index (χ2v) is 9.12. The number of hydrogen-bond donors (Lipinski definition) is 0. The molecule has 0 radical (unpaired) electrons. The Morgan fingerprint density at radius 3 is 2.44 bits per heavy atom. The van der Waals surface area contributed by atoms with Gasteiger partial charge in [0.1, 0.15) is 11.6 Å². The van der Waals surface area contributed by atoms with Crippen molar-refractivity contribution in [3.8, 4) is 17.0 Å². The quantitative estimate of drug-likeness (QED) is 0.282.